The van der Waals surface area contributed by atoms with Crippen molar-refractivity contribution in [3.05, 3.63) is 60.7 Å². The molecule has 2 N–H and O–H groups in total. The van der Waals surface area contributed by atoms with E-state index < -0.39 is 8.41 Å². The van der Waals surface area contributed by atoms with Gasteiger partial charge in [0.15, 0.2) is 0 Å². The Bertz CT molecular complexity index is 548. The van der Waals surface area contributed by atoms with E-state index in [9.17, 15) is 0 Å². The first-order chi connectivity index (χ1) is 9.86. The average Bonchev–Trinajstić information content (AvgIpc) is 2.52. The molecule has 1 saturated carbocycles. The second-order valence-corrected chi connectivity index (χ2v) is 8.03. The van der Waals surface area contributed by atoms with Gasteiger partial charge < -0.3 is 5.73 Å². The summed E-state index contributed by atoms with van der Waals surface area (Å²) in [4.78, 5) is 0. The molecule has 102 valence electrons. The molecular formula is C18H21NSi. The molecule has 1 atom stereocenters. The van der Waals surface area contributed by atoms with Gasteiger partial charge in [0.2, 0.25) is 0 Å². The number of hydrogen-bond acceptors (Lipinski definition) is 1. The van der Waals surface area contributed by atoms with E-state index in [0.29, 0.717) is 0 Å². The van der Waals surface area contributed by atoms with Crippen LogP contribution in [0.25, 0.3) is 0 Å². The van der Waals surface area contributed by atoms with E-state index >= 15 is 0 Å². The van der Waals surface area contributed by atoms with Crippen molar-refractivity contribution in [1.82, 2.24) is 0 Å². The fourth-order valence-corrected chi connectivity index (χ4v) is 6.17. The minimum Gasteiger partial charge on any atom is -0.325 e. The van der Waals surface area contributed by atoms with E-state index in [1.54, 1.807) is 5.17 Å². The summed E-state index contributed by atoms with van der Waals surface area (Å²) in [6.07, 6.45) is 4.95. The first kappa shape index (κ1) is 13.5. The molecule has 1 nitrogen and oxygen atoms in total. The minimum atomic E-state index is -0.857. The molecule has 0 amide bonds. The lowest BCUT2D eigenvalue weighted by atomic mass is 9.96. The van der Waals surface area contributed by atoms with E-state index in [0.717, 1.165) is 6.42 Å². The van der Waals surface area contributed by atoms with Crippen molar-refractivity contribution < 1.29 is 0 Å². The van der Waals surface area contributed by atoms with Crippen LogP contribution in [0.2, 0.25) is 0 Å². The summed E-state index contributed by atoms with van der Waals surface area (Å²) in [6.45, 7) is 0. The van der Waals surface area contributed by atoms with Gasteiger partial charge in [0.05, 0.1) is 8.41 Å². The fourth-order valence-electron chi connectivity index (χ4n) is 3.10. The maximum absolute atomic E-state index is 6.44. The maximum atomic E-state index is 6.44. The van der Waals surface area contributed by atoms with Gasteiger partial charge in [0, 0.05) is 6.04 Å². The van der Waals surface area contributed by atoms with Gasteiger partial charge in [-0.3, -0.25) is 0 Å². The van der Waals surface area contributed by atoms with E-state index in [-0.39, 0.29) is 6.04 Å². The van der Waals surface area contributed by atoms with Crippen molar-refractivity contribution in [2.45, 2.75) is 31.7 Å². The van der Waals surface area contributed by atoms with Gasteiger partial charge in [-0.1, -0.05) is 72.3 Å². The highest BCUT2D eigenvalue weighted by Crippen LogP contribution is 2.14. The van der Waals surface area contributed by atoms with Crippen LogP contribution in [0.15, 0.2) is 60.7 Å². The predicted octanol–water partition coefficient (Wildman–Crippen LogP) is 1.95. The van der Waals surface area contributed by atoms with Gasteiger partial charge >= 0.3 is 0 Å². The van der Waals surface area contributed by atoms with Gasteiger partial charge in [-0.2, -0.15) is 0 Å². The van der Waals surface area contributed by atoms with Crippen molar-refractivity contribution in [2.24, 2.45) is 5.73 Å². The second-order valence-electron chi connectivity index (χ2n) is 5.48. The number of rotatable bonds is 2. The zero-order valence-electron chi connectivity index (χ0n) is 11.8. The zero-order chi connectivity index (χ0) is 13.8. The summed E-state index contributed by atoms with van der Waals surface area (Å²) in [7, 11) is -0.857. The van der Waals surface area contributed by atoms with Gasteiger partial charge in [0.25, 0.3) is 0 Å². The van der Waals surface area contributed by atoms with Gasteiger partial charge in [0.1, 0.15) is 0 Å². The normalized spacial score (nSPS) is 18.9. The lowest BCUT2D eigenvalue weighted by Gasteiger charge is -2.25. The summed E-state index contributed by atoms with van der Waals surface area (Å²) in [5, 5.41) is 4.55. The number of nitrogens with two attached hydrogens (primary N) is 1. The van der Waals surface area contributed by atoms with Crippen LogP contribution in [0.3, 0.4) is 0 Å². The van der Waals surface area contributed by atoms with E-state index in [4.69, 9.17) is 5.73 Å². The quantitative estimate of drug-likeness (QED) is 0.836. The monoisotopic (exact) mass is 279 g/mol. The highest BCUT2D eigenvalue weighted by molar-refractivity contribution is 6.92. The van der Waals surface area contributed by atoms with E-state index in [2.05, 4.69) is 60.7 Å². The summed E-state index contributed by atoms with van der Waals surface area (Å²) in [5.74, 6) is 0. The Morgan fingerprint density at radius 1 is 0.800 bits per heavy atom. The van der Waals surface area contributed by atoms with Crippen LogP contribution in [0.5, 0.6) is 0 Å². The van der Waals surface area contributed by atoms with Crippen LogP contribution in [0.4, 0.5) is 0 Å². The SMILES string of the molecule is NC1CCCCC1=[Si](c1ccccc1)c1ccccc1. The third kappa shape index (κ3) is 2.81. The van der Waals surface area contributed by atoms with Crippen LogP contribution in [-0.2, 0) is 0 Å². The molecular weight excluding hydrogens is 258 g/mol. The Labute approximate surface area is 122 Å². The number of hydrogen-bond donors (Lipinski definition) is 1. The molecule has 20 heavy (non-hydrogen) atoms. The molecule has 1 aliphatic carbocycles. The van der Waals surface area contributed by atoms with Crippen molar-refractivity contribution in [1.29, 1.82) is 0 Å². The zero-order valence-corrected chi connectivity index (χ0v) is 12.8. The molecule has 0 aromatic heterocycles. The molecule has 2 heteroatoms. The summed E-state index contributed by atoms with van der Waals surface area (Å²) in [5.41, 5.74) is 6.44. The van der Waals surface area contributed by atoms with Crippen LogP contribution in [0, 0.1) is 0 Å². The molecule has 0 saturated heterocycles. The van der Waals surface area contributed by atoms with Crippen LogP contribution >= 0.6 is 0 Å². The second kappa shape index (κ2) is 6.29. The van der Waals surface area contributed by atoms with Crippen molar-refractivity contribution in [3.63, 3.8) is 0 Å². The molecule has 0 bridgehead atoms. The Morgan fingerprint density at radius 2 is 1.35 bits per heavy atom. The summed E-state index contributed by atoms with van der Waals surface area (Å²) < 4.78 is 0. The molecule has 2 aromatic rings. The van der Waals surface area contributed by atoms with Crippen molar-refractivity contribution in [2.75, 3.05) is 0 Å². The number of benzene rings is 2. The highest BCUT2D eigenvalue weighted by Gasteiger charge is 2.21. The molecule has 3 rings (SSSR count). The van der Waals surface area contributed by atoms with Crippen molar-refractivity contribution in [3.8, 4) is 0 Å². The molecule has 2 aromatic carbocycles. The van der Waals surface area contributed by atoms with E-state index in [1.807, 2.05) is 0 Å². The Morgan fingerprint density at radius 3 is 1.85 bits per heavy atom. The largest absolute Gasteiger partial charge is 0.325 e. The first-order valence-electron chi connectivity index (χ1n) is 7.46. The Balaban J connectivity index is 2.16. The smallest absolute Gasteiger partial charge is 0.0808 e. The maximum Gasteiger partial charge on any atom is 0.0808 e. The molecule has 0 radical (unpaired) electrons. The van der Waals surface area contributed by atoms with Crippen molar-refractivity contribution >= 4 is 24.0 Å². The Hall–Kier alpha value is -1.51. The Kier molecular flexibility index (Phi) is 4.24. The average molecular weight is 279 g/mol. The molecule has 0 spiro atoms. The predicted molar refractivity (Wildman–Crippen MR) is 89.4 cm³/mol. The molecule has 1 aliphatic rings. The van der Waals surface area contributed by atoms with Gasteiger partial charge in [-0.25, -0.2) is 0 Å². The summed E-state index contributed by atoms with van der Waals surface area (Å²) in [6, 6.07) is 22.2. The fraction of sp³-hybridized carbons (Fsp3) is 0.278. The lowest BCUT2D eigenvalue weighted by molar-refractivity contribution is 0.614. The summed E-state index contributed by atoms with van der Waals surface area (Å²) >= 11 is 0. The topological polar surface area (TPSA) is 26.0 Å². The third-order valence-corrected chi connectivity index (χ3v) is 7.19. The highest BCUT2D eigenvalue weighted by atomic mass is 28.2. The standard InChI is InChI=1S/C18H21NSi/c19-17-13-7-8-14-18(17)20(15-9-3-1-4-10-15)16-11-5-2-6-12-16/h1-6,9-12,17H,7-8,13-14,19H2. The molecule has 0 aliphatic heterocycles. The third-order valence-electron chi connectivity index (χ3n) is 4.10. The van der Waals surface area contributed by atoms with Crippen LogP contribution in [0.1, 0.15) is 25.7 Å². The molecule has 0 heterocycles. The van der Waals surface area contributed by atoms with E-state index in [1.165, 1.54) is 29.6 Å². The van der Waals surface area contributed by atoms with Crippen LogP contribution in [-0.4, -0.2) is 19.6 Å². The lowest BCUT2D eigenvalue weighted by Crippen LogP contribution is -2.48. The molecule has 1 unspecified atom stereocenters. The minimum absolute atomic E-state index is 0.290. The van der Waals surface area contributed by atoms with Gasteiger partial charge in [-0.15, -0.1) is 0 Å². The van der Waals surface area contributed by atoms with Gasteiger partial charge in [-0.05, 0) is 29.6 Å². The van der Waals surface area contributed by atoms with Crippen LogP contribution < -0.4 is 16.1 Å². The first-order valence-corrected chi connectivity index (χ1v) is 8.96. The molecule has 1 fully saturated rings.